The van der Waals surface area contributed by atoms with E-state index in [4.69, 9.17) is 4.74 Å². The van der Waals surface area contributed by atoms with E-state index in [0.717, 1.165) is 44.7 Å². The van der Waals surface area contributed by atoms with Gasteiger partial charge in [-0.2, -0.15) is 0 Å². The first kappa shape index (κ1) is 15.1. The molecule has 1 saturated carbocycles. The Bertz CT molecular complexity index is 599. The number of carbonyl (C=O) groups is 1. The van der Waals surface area contributed by atoms with Crippen LogP contribution in [0.15, 0.2) is 0 Å². The molecule has 0 aromatic carbocycles. The first-order chi connectivity index (χ1) is 11.2. The predicted molar refractivity (Wildman–Crippen MR) is 84.2 cm³/mol. The third-order valence-corrected chi connectivity index (χ3v) is 5.56. The molecule has 126 valence electrons. The number of nitrogens with zero attached hydrogens (tertiary/aromatic N) is 4. The van der Waals surface area contributed by atoms with Gasteiger partial charge in [-0.25, -0.2) is 0 Å². The molecule has 1 aromatic rings. The van der Waals surface area contributed by atoms with Gasteiger partial charge in [0.05, 0.1) is 18.2 Å². The van der Waals surface area contributed by atoms with E-state index in [0.29, 0.717) is 11.7 Å². The number of hydrogen-bond donors (Lipinski definition) is 1. The van der Waals surface area contributed by atoms with Gasteiger partial charge in [0.15, 0.2) is 0 Å². The Morgan fingerprint density at radius 2 is 2.17 bits per heavy atom. The van der Waals surface area contributed by atoms with Crippen molar-refractivity contribution < 1.29 is 9.53 Å². The van der Waals surface area contributed by atoms with Crippen molar-refractivity contribution in [3.05, 3.63) is 11.6 Å². The molecule has 3 heterocycles. The molecule has 2 fully saturated rings. The third-order valence-electron chi connectivity index (χ3n) is 5.56. The molecule has 1 aliphatic carbocycles. The highest BCUT2D eigenvalue weighted by Crippen LogP contribution is 2.41. The molecule has 23 heavy (non-hydrogen) atoms. The van der Waals surface area contributed by atoms with Crippen molar-refractivity contribution >= 4 is 5.91 Å². The fourth-order valence-electron chi connectivity index (χ4n) is 4.35. The summed E-state index contributed by atoms with van der Waals surface area (Å²) in [6.07, 6.45) is 5.61. The van der Waals surface area contributed by atoms with Crippen molar-refractivity contribution in [2.24, 2.45) is 5.92 Å². The van der Waals surface area contributed by atoms with Crippen molar-refractivity contribution in [1.82, 2.24) is 25.0 Å². The van der Waals surface area contributed by atoms with Gasteiger partial charge in [-0.05, 0) is 33.4 Å². The van der Waals surface area contributed by atoms with E-state index in [1.54, 1.807) is 0 Å². The Balaban J connectivity index is 1.51. The zero-order valence-electron chi connectivity index (χ0n) is 13.9. The molecule has 7 heteroatoms. The molecule has 4 atom stereocenters. The van der Waals surface area contributed by atoms with Crippen LogP contribution < -0.4 is 5.32 Å². The molecule has 3 aliphatic rings. The Kier molecular flexibility index (Phi) is 3.85. The zero-order chi connectivity index (χ0) is 16.0. The minimum atomic E-state index is -0.0900. The van der Waals surface area contributed by atoms with Gasteiger partial charge in [-0.1, -0.05) is 6.42 Å². The van der Waals surface area contributed by atoms with E-state index in [9.17, 15) is 4.79 Å². The van der Waals surface area contributed by atoms with E-state index in [1.807, 2.05) is 18.7 Å². The topological polar surface area (TPSA) is 72.3 Å². The van der Waals surface area contributed by atoms with Crippen LogP contribution in [-0.4, -0.2) is 64.5 Å². The highest BCUT2D eigenvalue weighted by atomic mass is 16.5. The number of ether oxygens (including phenoxy) is 1. The van der Waals surface area contributed by atoms with Gasteiger partial charge in [0.1, 0.15) is 5.82 Å². The number of likely N-dealkylation sites (N-methyl/N-ethyl adjacent to an activating group) is 1. The number of carbonyl (C=O) groups excluding carboxylic acids is 1. The summed E-state index contributed by atoms with van der Waals surface area (Å²) in [5.74, 6) is 1.76. The number of hydrogen-bond acceptors (Lipinski definition) is 5. The van der Waals surface area contributed by atoms with Crippen LogP contribution in [0, 0.1) is 5.92 Å². The first-order valence-corrected chi connectivity index (χ1v) is 8.68. The molecule has 0 radical (unpaired) electrons. The van der Waals surface area contributed by atoms with Crippen LogP contribution in [-0.2, 0) is 17.7 Å². The van der Waals surface area contributed by atoms with E-state index >= 15 is 0 Å². The van der Waals surface area contributed by atoms with Crippen LogP contribution >= 0.6 is 0 Å². The van der Waals surface area contributed by atoms with Gasteiger partial charge in [0.2, 0.25) is 5.82 Å². The summed E-state index contributed by atoms with van der Waals surface area (Å²) in [7, 11) is 4.09. The number of rotatable bonds is 3. The van der Waals surface area contributed by atoms with E-state index in [-0.39, 0.29) is 24.1 Å². The molecule has 1 amide bonds. The number of fused-ring (bicyclic) bond motifs is 2. The normalized spacial score (nSPS) is 32.8. The minimum Gasteiger partial charge on any atom is -0.376 e. The van der Waals surface area contributed by atoms with Crippen LogP contribution in [0.1, 0.15) is 42.1 Å². The molecule has 2 aliphatic heterocycles. The van der Waals surface area contributed by atoms with Gasteiger partial charge in [0.25, 0.3) is 5.91 Å². The molecule has 0 spiro atoms. The average Bonchev–Trinajstić information content (AvgIpc) is 3.02. The fraction of sp³-hybridized carbons (Fsp3) is 0.812. The summed E-state index contributed by atoms with van der Waals surface area (Å²) < 4.78 is 7.82. The highest BCUT2D eigenvalue weighted by molar-refractivity contribution is 5.91. The summed E-state index contributed by atoms with van der Waals surface area (Å²) in [4.78, 5) is 14.9. The molecule has 0 unspecified atom stereocenters. The van der Waals surface area contributed by atoms with Crippen LogP contribution in [0.4, 0.5) is 0 Å². The minimum absolute atomic E-state index is 0.0900. The Morgan fingerprint density at radius 3 is 3.00 bits per heavy atom. The second-order valence-corrected chi connectivity index (χ2v) is 7.14. The quantitative estimate of drug-likeness (QED) is 0.876. The molecule has 4 rings (SSSR count). The van der Waals surface area contributed by atoms with Gasteiger partial charge in [0, 0.05) is 25.5 Å². The van der Waals surface area contributed by atoms with Gasteiger partial charge >= 0.3 is 0 Å². The summed E-state index contributed by atoms with van der Waals surface area (Å²) >= 11 is 0. The van der Waals surface area contributed by atoms with Crippen LogP contribution in [0.5, 0.6) is 0 Å². The molecule has 1 saturated heterocycles. The second-order valence-electron chi connectivity index (χ2n) is 7.14. The van der Waals surface area contributed by atoms with E-state index in [2.05, 4.69) is 20.4 Å². The lowest BCUT2D eigenvalue weighted by Crippen LogP contribution is -2.69. The second kappa shape index (κ2) is 5.87. The summed E-state index contributed by atoms with van der Waals surface area (Å²) in [6.45, 7) is 1.65. The maximum atomic E-state index is 12.8. The maximum Gasteiger partial charge on any atom is 0.289 e. The zero-order valence-corrected chi connectivity index (χ0v) is 13.9. The molecule has 1 aromatic heterocycles. The lowest BCUT2D eigenvalue weighted by atomic mass is 9.71. The fourth-order valence-corrected chi connectivity index (χ4v) is 4.35. The van der Waals surface area contributed by atoms with Crippen LogP contribution in [0.25, 0.3) is 0 Å². The smallest absolute Gasteiger partial charge is 0.289 e. The predicted octanol–water partition coefficient (Wildman–Crippen LogP) is 0.452. The SMILES string of the molecule is CN(C)[C@@H]1[C@@H](NC(=O)c2nnc3n2CCCCC3)[C@H]2CCO[C@H]21. The van der Waals surface area contributed by atoms with Crippen molar-refractivity contribution in [2.45, 2.75) is 56.8 Å². The van der Waals surface area contributed by atoms with Crippen molar-refractivity contribution in [3.63, 3.8) is 0 Å². The van der Waals surface area contributed by atoms with E-state index in [1.165, 1.54) is 6.42 Å². The summed E-state index contributed by atoms with van der Waals surface area (Å²) in [6, 6.07) is 0.390. The summed E-state index contributed by atoms with van der Waals surface area (Å²) in [5.41, 5.74) is 0. The van der Waals surface area contributed by atoms with E-state index < -0.39 is 0 Å². The third kappa shape index (κ3) is 2.46. The average molecular weight is 319 g/mol. The lowest BCUT2D eigenvalue weighted by Gasteiger charge is -2.50. The van der Waals surface area contributed by atoms with Gasteiger partial charge in [-0.3, -0.25) is 4.79 Å². The number of nitrogens with one attached hydrogen (secondary N) is 1. The standard InChI is InChI=1S/C16H25N5O2/c1-20(2)13-12(10-7-9-23-14(10)13)17-16(22)15-19-18-11-6-4-3-5-8-21(11)15/h10,12-14H,3-9H2,1-2H3,(H,17,22)/t10-,12+,13-,14-/m1/s1. The van der Waals surface area contributed by atoms with Crippen molar-refractivity contribution in [1.29, 1.82) is 0 Å². The number of aromatic nitrogens is 3. The van der Waals surface area contributed by atoms with Crippen molar-refractivity contribution in [3.8, 4) is 0 Å². The molecule has 7 nitrogen and oxygen atoms in total. The molecular formula is C16H25N5O2. The number of aryl methyl sites for hydroxylation is 1. The van der Waals surface area contributed by atoms with Crippen molar-refractivity contribution in [2.75, 3.05) is 20.7 Å². The highest BCUT2D eigenvalue weighted by Gasteiger charge is 2.55. The van der Waals surface area contributed by atoms with Crippen LogP contribution in [0.2, 0.25) is 0 Å². The summed E-state index contributed by atoms with van der Waals surface area (Å²) in [5, 5.41) is 11.6. The molecule has 0 bridgehead atoms. The molecular weight excluding hydrogens is 294 g/mol. The van der Waals surface area contributed by atoms with Gasteiger partial charge < -0.3 is 19.5 Å². The monoisotopic (exact) mass is 319 g/mol. The Hall–Kier alpha value is -1.47. The Morgan fingerprint density at radius 1 is 1.30 bits per heavy atom. The van der Waals surface area contributed by atoms with Crippen LogP contribution in [0.3, 0.4) is 0 Å². The first-order valence-electron chi connectivity index (χ1n) is 8.68. The van der Waals surface area contributed by atoms with Gasteiger partial charge in [-0.15, -0.1) is 10.2 Å². The Labute approximate surface area is 136 Å². The maximum absolute atomic E-state index is 12.8. The molecule has 1 N–H and O–H groups in total. The lowest BCUT2D eigenvalue weighted by molar-refractivity contribution is -0.0665. The largest absolute Gasteiger partial charge is 0.376 e. The number of amides is 1.